The summed E-state index contributed by atoms with van der Waals surface area (Å²) in [6, 6.07) is 0. The van der Waals surface area contributed by atoms with Crippen LogP contribution in [0.15, 0.2) is 15.8 Å². The maximum atomic E-state index is 14.0. The Hall–Kier alpha value is -1.85. The SMILES string of the molecule is COC(=O)CNP(=O)(O)O[C@H]1O[C@@H](n2cc(C)c(=O)[nH]c2=O)C[C@@H]1F. The van der Waals surface area contributed by atoms with Gasteiger partial charge >= 0.3 is 19.4 Å². The molecule has 1 aromatic rings. The van der Waals surface area contributed by atoms with Crippen LogP contribution >= 0.6 is 7.75 Å². The minimum atomic E-state index is -4.55. The molecule has 1 unspecified atom stereocenters. The van der Waals surface area contributed by atoms with Crippen LogP contribution in [0.4, 0.5) is 4.39 Å². The molecule has 0 amide bonds. The molecule has 0 saturated carbocycles. The molecule has 0 radical (unpaired) electrons. The lowest BCUT2D eigenvalue weighted by Gasteiger charge is -2.19. The largest absolute Gasteiger partial charge is 0.468 e. The summed E-state index contributed by atoms with van der Waals surface area (Å²) in [6.45, 7) is 0.819. The molecule has 4 atom stereocenters. The molecular weight excluding hydrogens is 364 g/mol. The van der Waals surface area contributed by atoms with Crippen molar-refractivity contribution >= 4 is 13.7 Å². The average Bonchev–Trinajstić information content (AvgIpc) is 2.88. The third-order valence-electron chi connectivity index (χ3n) is 3.37. The van der Waals surface area contributed by atoms with Gasteiger partial charge in [0.25, 0.3) is 5.56 Å². The summed E-state index contributed by atoms with van der Waals surface area (Å²) in [7, 11) is -3.47. The van der Waals surface area contributed by atoms with Crippen molar-refractivity contribution in [2.75, 3.05) is 13.7 Å². The number of aromatic nitrogens is 2. The summed E-state index contributed by atoms with van der Waals surface area (Å²) >= 11 is 0. The molecule has 2 rings (SSSR count). The first-order chi connectivity index (χ1) is 11.6. The van der Waals surface area contributed by atoms with E-state index in [0.29, 0.717) is 0 Å². The highest BCUT2D eigenvalue weighted by molar-refractivity contribution is 7.50. The Labute approximate surface area is 140 Å². The summed E-state index contributed by atoms with van der Waals surface area (Å²) in [5.74, 6) is -0.824. The second kappa shape index (κ2) is 7.58. The van der Waals surface area contributed by atoms with Crippen LogP contribution in [0.3, 0.4) is 0 Å². The highest BCUT2D eigenvalue weighted by atomic mass is 31.2. The van der Waals surface area contributed by atoms with E-state index in [2.05, 4.69) is 9.26 Å². The first-order valence-corrected chi connectivity index (χ1v) is 8.65. The molecule has 1 aromatic heterocycles. The van der Waals surface area contributed by atoms with Gasteiger partial charge < -0.3 is 14.4 Å². The number of rotatable bonds is 6. The van der Waals surface area contributed by atoms with E-state index in [9.17, 15) is 28.2 Å². The zero-order chi connectivity index (χ0) is 18.8. The van der Waals surface area contributed by atoms with E-state index in [1.54, 1.807) is 0 Å². The van der Waals surface area contributed by atoms with Gasteiger partial charge in [-0.25, -0.2) is 18.8 Å². The molecule has 0 aliphatic carbocycles. The first-order valence-electron chi connectivity index (χ1n) is 7.07. The van der Waals surface area contributed by atoms with Crippen LogP contribution in [0, 0.1) is 6.92 Å². The highest BCUT2D eigenvalue weighted by Gasteiger charge is 2.41. The average molecular weight is 381 g/mol. The van der Waals surface area contributed by atoms with Gasteiger partial charge in [-0.05, 0) is 6.92 Å². The van der Waals surface area contributed by atoms with E-state index in [1.165, 1.54) is 13.1 Å². The molecule has 13 heteroatoms. The maximum absolute atomic E-state index is 14.0. The number of aromatic amines is 1. The summed E-state index contributed by atoms with van der Waals surface area (Å²) in [5, 5.41) is 1.89. The van der Waals surface area contributed by atoms with Gasteiger partial charge in [0.1, 0.15) is 12.8 Å². The topological polar surface area (TPSA) is 149 Å². The summed E-state index contributed by atoms with van der Waals surface area (Å²) in [4.78, 5) is 45.7. The number of esters is 1. The van der Waals surface area contributed by atoms with E-state index in [-0.39, 0.29) is 12.0 Å². The van der Waals surface area contributed by atoms with Crippen LogP contribution < -0.4 is 16.3 Å². The van der Waals surface area contributed by atoms with E-state index in [4.69, 9.17) is 4.74 Å². The Morgan fingerprint density at radius 2 is 2.28 bits per heavy atom. The molecule has 140 valence electrons. The van der Waals surface area contributed by atoms with Gasteiger partial charge in [0.15, 0.2) is 6.17 Å². The van der Waals surface area contributed by atoms with E-state index >= 15 is 0 Å². The van der Waals surface area contributed by atoms with Crippen LogP contribution in [0.25, 0.3) is 0 Å². The normalized spacial score (nSPS) is 25.5. The molecule has 1 fully saturated rings. The second-order valence-corrected chi connectivity index (χ2v) is 6.79. The number of nitrogens with zero attached hydrogens (tertiary/aromatic N) is 1. The molecule has 0 bridgehead atoms. The number of nitrogens with one attached hydrogen (secondary N) is 2. The summed E-state index contributed by atoms with van der Waals surface area (Å²) in [6.07, 6.45) is -3.85. The zero-order valence-electron chi connectivity index (χ0n) is 13.3. The lowest BCUT2D eigenvalue weighted by atomic mass is 10.3. The molecule has 2 heterocycles. The van der Waals surface area contributed by atoms with Crippen molar-refractivity contribution in [1.29, 1.82) is 0 Å². The molecule has 1 aliphatic rings. The lowest BCUT2D eigenvalue weighted by Crippen LogP contribution is -2.33. The Kier molecular flexibility index (Phi) is 5.91. The van der Waals surface area contributed by atoms with Crippen LogP contribution in [-0.4, -0.2) is 46.5 Å². The number of alkyl halides is 1. The van der Waals surface area contributed by atoms with Crippen molar-refractivity contribution in [2.45, 2.75) is 32.0 Å². The highest BCUT2D eigenvalue weighted by Crippen LogP contribution is 2.43. The molecule has 3 N–H and O–H groups in total. The number of hydrogen-bond donors (Lipinski definition) is 3. The van der Waals surface area contributed by atoms with Crippen molar-refractivity contribution in [3.8, 4) is 0 Å². The summed E-state index contributed by atoms with van der Waals surface area (Å²) in [5.41, 5.74) is -1.20. The molecule has 11 nitrogen and oxygen atoms in total. The predicted molar refractivity (Wildman–Crippen MR) is 80.4 cm³/mol. The molecule has 1 saturated heterocycles. The smallest absolute Gasteiger partial charge is 0.405 e. The second-order valence-electron chi connectivity index (χ2n) is 5.23. The number of H-pyrrole nitrogens is 1. The van der Waals surface area contributed by atoms with Gasteiger partial charge in [-0.3, -0.25) is 23.7 Å². The quantitative estimate of drug-likeness (QED) is 0.430. The number of carbonyl (C=O) groups excluding carboxylic acids is 1. The van der Waals surface area contributed by atoms with Crippen LogP contribution in [0.2, 0.25) is 0 Å². The van der Waals surface area contributed by atoms with Gasteiger partial charge in [0.05, 0.1) is 7.11 Å². The first kappa shape index (κ1) is 19.5. The predicted octanol–water partition coefficient (Wildman–Crippen LogP) is -0.692. The van der Waals surface area contributed by atoms with Crippen LogP contribution in [-0.2, 0) is 23.4 Å². The zero-order valence-corrected chi connectivity index (χ0v) is 14.2. The minimum Gasteiger partial charge on any atom is -0.468 e. The number of ether oxygens (including phenoxy) is 2. The lowest BCUT2D eigenvalue weighted by molar-refractivity contribution is -0.139. The molecular formula is C12H17FN3O8P. The number of hydrogen-bond acceptors (Lipinski definition) is 7. The monoisotopic (exact) mass is 381 g/mol. The Morgan fingerprint density at radius 3 is 2.92 bits per heavy atom. The van der Waals surface area contributed by atoms with Crippen molar-refractivity contribution < 1.29 is 32.6 Å². The van der Waals surface area contributed by atoms with E-state index in [0.717, 1.165) is 11.7 Å². The third-order valence-corrected chi connectivity index (χ3v) is 4.42. The molecule has 1 aliphatic heterocycles. The van der Waals surface area contributed by atoms with Crippen molar-refractivity contribution in [3.05, 3.63) is 32.6 Å². The molecule has 0 aromatic carbocycles. The number of methoxy groups -OCH3 is 1. The van der Waals surface area contributed by atoms with Crippen LogP contribution in [0.5, 0.6) is 0 Å². The van der Waals surface area contributed by atoms with E-state index in [1.807, 2.05) is 10.1 Å². The Morgan fingerprint density at radius 1 is 1.60 bits per heavy atom. The van der Waals surface area contributed by atoms with Gasteiger partial charge in [0.2, 0.25) is 6.29 Å². The number of carbonyl (C=O) groups is 1. The molecule has 0 spiro atoms. The van der Waals surface area contributed by atoms with Gasteiger partial charge in [-0.2, -0.15) is 0 Å². The number of aryl methyl sites for hydroxylation is 1. The number of halogens is 1. The fourth-order valence-corrected chi connectivity index (χ4v) is 2.95. The van der Waals surface area contributed by atoms with Gasteiger partial charge in [0, 0.05) is 18.2 Å². The standard InChI is InChI=1S/C12H17FN3O8P/c1-6-5-16(12(19)15-10(6)18)8-3-7(13)11(23-8)24-25(20,21)14-4-9(17)22-2/h5,7-8,11H,3-4H2,1-2H3,(H2,14,20,21)(H,15,18,19)/t7-,8+,11+/m0/s1. The van der Waals surface area contributed by atoms with E-state index < -0.39 is 50.2 Å². The summed E-state index contributed by atoms with van der Waals surface area (Å²) < 4.78 is 40.9. The fraction of sp³-hybridized carbons (Fsp3) is 0.583. The van der Waals surface area contributed by atoms with Gasteiger partial charge in [-0.1, -0.05) is 0 Å². The minimum absolute atomic E-state index is 0.204. The van der Waals surface area contributed by atoms with Gasteiger partial charge in [-0.15, -0.1) is 0 Å². The van der Waals surface area contributed by atoms with Crippen molar-refractivity contribution in [3.63, 3.8) is 0 Å². The Bertz CT molecular complexity index is 808. The van der Waals surface area contributed by atoms with Crippen molar-refractivity contribution in [2.24, 2.45) is 0 Å². The Balaban J connectivity index is 2.07. The van der Waals surface area contributed by atoms with Crippen LogP contribution in [0.1, 0.15) is 18.2 Å². The fourth-order valence-electron chi connectivity index (χ4n) is 2.08. The van der Waals surface area contributed by atoms with Crippen molar-refractivity contribution in [1.82, 2.24) is 14.6 Å². The molecule has 25 heavy (non-hydrogen) atoms. The maximum Gasteiger partial charge on any atom is 0.405 e. The third kappa shape index (κ3) is 4.83.